The molecule has 0 radical (unpaired) electrons. The highest BCUT2D eigenvalue weighted by Crippen LogP contribution is 2.27. The van der Waals surface area contributed by atoms with Gasteiger partial charge in [0.25, 0.3) is 0 Å². The van der Waals surface area contributed by atoms with Gasteiger partial charge < -0.3 is 5.32 Å². The van der Waals surface area contributed by atoms with E-state index in [0.717, 1.165) is 6.42 Å². The Labute approximate surface area is 78.8 Å². The van der Waals surface area contributed by atoms with Crippen LogP contribution in [0.1, 0.15) is 35.4 Å². The molecule has 0 fully saturated rings. The van der Waals surface area contributed by atoms with Gasteiger partial charge in [-0.2, -0.15) is 0 Å². The summed E-state index contributed by atoms with van der Waals surface area (Å²) in [5.74, 6) is 0. The largest absolute Gasteiger partial charge is 0.313 e. The molecule has 1 unspecified atom stereocenters. The van der Waals surface area contributed by atoms with Crippen molar-refractivity contribution < 1.29 is 0 Å². The number of nitrogens with one attached hydrogen (secondary N) is 1. The van der Waals surface area contributed by atoms with Crippen LogP contribution in [0.5, 0.6) is 0 Å². The zero-order valence-electron chi connectivity index (χ0n) is 8.27. The Hall–Kier alpha value is -0.340. The maximum atomic E-state index is 3.33. The van der Waals surface area contributed by atoms with E-state index in [2.05, 4.69) is 31.5 Å². The average molecular weight is 183 g/mol. The lowest BCUT2D eigenvalue weighted by atomic mass is 10.0. The molecule has 1 aromatic heterocycles. The maximum absolute atomic E-state index is 3.33. The van der Waals surface area contributed by atoms with Crippen molar-refractivity contribution in [2.45, 2.75) is 33.2 Å². The van der Waals surface area contributed by atoms with Crippen molar-refractivity contribution in [2.75, 3.05) is 7.05 Å². The smallest absolute Gasteiger partial charge is 0.0325 e. The fourth-order valence-electron chi connectivity index (χ4n) is 1.45. The highest BCUT2D eigenvalue weighted by atomic mass is 32.1. The normalized spacial score (nSPS) is 13.3. The molecule has 0 aliphatic rings. The van der Waals surface area contributed by atoms with E-state index in [1.54, 1.807) is 0 Å². The number of hydrogen-bond acceptors (Lipinski definition) is 2. The van der Waals surface area contributed by atoms with Crippen LogP contribution >= 0.6 is 11.3 Å². The van der Waals surface area contributed by atoms with E-state index in [0.29, 0.717) is 6.04 Å². The molecule has 0 aliphatic carbocycles. The van der Waals surface area contributed by atoms with Crippen molar-refractivity contribution in [2.24, 2.45) is 0 Å². The average Bonchev–Trinajstić information content (AvgIpc) is 2.38. The highest BCUT2D eigenvalue weighted by Gasteiger charge is 2.11. The Morgan fingerprint density at radius 3 is 2.50 bits per heavy atom. The van der Waals surface area contributed by atoms with Crippen LogP contribution in [-0.2, 0) is 0 Å². The summed E-state index contributed by atoms with van der Waals surface area (Å²) in [7, 11) is 2.03. The molecular formula is C10H17NS. The van der Waals surface area contributed by atoms with Crippen LogP contribution in [0.4, 0.5) is 0 Å². The van der Waals surface area contributed by atoms with Crippen LogP contribution in [-0.4, -0.2) is 7.05 Å². The summed E-state index contributed by atoms with van der Waals surface area (Å²) < 4.78 is 0. The third-order valence-corrected chi connectivity index (χ3v) is 3.49. The minimum Gasteiger partial charge on any atom is -0.313 e. The predicted molar refractivity (Wildman–Crippen MR) is 55.9 cm³/mol. The Morgan fingerprint density at radius 1 is 1.50 bits per heavy atom. The van der Waals surface area contributed by atoms with Crippen molar-refractivity contribution in [3.63, 3.8) is 0 Å². The molecule has 0 aromatic carbocycles. The van der Waals surface area contributed by atoms with Crippen LogP contribution < -0.4 is 5.32 Å². The summed E-state index contributed by atoms with van der Waals surface area (Å²) >= 11 is 1.85. The molecule has 12 heavy (non-hydrogen) atoms. The Morgan fingerprint density at radius 2 is 2.17 bits per heavy atom. The summed E-state index contributed by atoms with van der Waals surface area (Å²) in [6.45, 7) is 6.61. The lowest BCUT2D eigenvalue weighted by Gasteiger charge is -2.13. The molecule has 0 saturated carbocycles. The van der Waals surface area contributed by atoms with Crippen LogP contribution in [0.2, 0.25) is 0 Å². The molecule has 0 amide bonds. The molecule has 1 rings (SSSR count). The molecule has 1 aromatic rings. The first kappa shape index (κ1) is 9.75. The molecule has 0 spiro atoms. The Kier molecular flexibility index (Phi) is 3.29. The molecule has 1 atom stereocenters. The quantitative estimate of drug-likeness (QED) is 0.759. The summed E-state index contributed by atoms with van der Waals surface area (Å²) in [5, 5.41) is 5.60. The first-order chi connectivity index (χ1) is 5.70. The van der Waals surface area contributed by atoms with Crippen molar-refractivity contribution in [1.82, 2.24) is 5.32 Å². The predicted octanol–water partition coefficient (Wildman–Crippen LogP) is 3.04. The van der Waals surface area contributed by atoms with Crippen molar-refractivity contribution in [3.05, 3.63) is 21.4 Å². The van der Waals surface area contributed by atoms with Gasteiger partial charge in [0.05, 0.1) is 0 Å². The fourth-order valence-corrected chi connectivity index (χ4v) is 2.39. The SMILES string of the molecule is CCC(NC)c1csc(C)c1C. The highest BCUT2D eigenvalue weighted by molar-refractivity contribution is 7.10. The van der Waals surface area contributed by atoms with E-state index in [1.807, 2.05) is 18.4 Å². The third-order valence-electron chi connectivity index (χ3n) is 2.46. The van der Waals surface area contributed by atoms with E-state index < -0.39 is 0 Å². The Bertz CT molecular complexity index is 248. The molecule has 0 saturated heterocycles. The molecule has 1 nitrogen and oxygen atoms in total. The molecule has 0 aliphatic heterocycles. The van der Waals surface area contributed by atoms with E-state index >= 15 is 0 Å². The summed E-state index contributed by atoms with van der Waals surface area (Å²) in [6, 6.07) is 0.537. The van der Waals surface area contributed by atoms with E-state index in [4.69, 9.17) is 0 Å². The van der Waals surface area contributed by atoms with Gasteiger partial charge in [0.2, 0.25) is 0 Å². The number of rotatable bonds is 3. The molecular weight excluding hydrogens is 166 g/mol. The molecule has 1 heterocycles. The monoisotopic (exact) mass is 183 g/mol. The summed E-state index contributed by atoms with van der Waals surface area (Å²) in [5.41, 5.74) is 2.93. The molecule has 1 N–H and O–H groups in total. The summed E-state index contributed by atoms with van der Waals surface area (Å²) in [4.78, 5) is 1.44. The second kappa shape index (κ2) is 4.06. The standard InChI is InChI=1S/C10H17NS/c1-5-10(11-4)9-6-12-8(3)7(9)2/h6,10-11H,5H2,1-4H3. The first-order valence-electron chi connectivity index (χ1n) is 4.42. The molecule has 0 bridgehead atoms. The third kappa shape index (κ3) is 1.70. The van der Waals surface area contributed by atoms with Crippen molar-refractivity contribution in [1.29, 1.82) is 0 Å². The Balaban J connectivity index is 2.93. The van der Waals surface area contributed by atoms with E-state index in [-0.39, 0.29) is 0 Å². The topological polar surface area (TPSA) is 12.0 Å². The zero-order chi connectivity index (χ0) is 9.14. The van der Waals surface area contributed by atoms with Gasteiger partial charge in [-0.3, -0.25) is 0 Å². The van der Waals surface area contributed by atoms with Crippen LogP contribution in [0.15, 0.2) is 5.38 Å². The van der Waals surface area contributed by atoms with Gasteiger partial charge in [-0.05, 0) is 43.8 Å². The fraction of sp³-hybridized carbons (Fsp3) is 0.600. The van der Waals surface area contributed by atoms with Gasteiger partial charge in [0, 0.05) is 10.9 Å². The van der Waals surface area contributed by atoms with E-state index in [9.17, 15) is 0 Å². The zero-order valence-corrected chi connectivity index (χ0v) is 9.09. The van der Waals surface area contributed by atoms with Gasteiger partial charge in [-0.25, -0.2) is 0 Å². The minimum absolute atomic E-state index is 0.537. The lowest BCUT2D eigenvalue weighted by molar-refractivity contribution is 0.576. The minimum atomic E-state index is 0.537. The van der Waals surface area contributed by atoms with Crippen molar-refractivity contribution in [3.8, 4) is 0 Å². The maximum Gasteiger partial charge on any atom is 0.0325 e. The second-order valence-corrected chi connectivity index (χ2v) is 4.21. The number of aryl methyl sites for hydroxylation is 1. The first-order valence-corrected chi connectivity index (χ1v) is 5.30. The van der Waals surface area contributed by atoms with Crippen LogP contribution in [0, 0.1) is 13.8 Å². The molecule has 2 heteroatoms. The lowest BCUT2D eigenvalue weighted by Crippen LogP contribution is -2.15. The second-order valence-electron chi connectivity index (χ2n) is 3.12. The van der Waals surface area contributed by atoms with Gasteiger partial charge in [0.15, 0.2) is 0 Å². The number of hydrogen-bond donors (Lipinski definition) is 1. The van der Waals surface area contributed by atoms with Gasteiger partial charge in [-0.1, -0.05) is 6.92 Å². The van der Waals surface area contributed by atoms with Crippen LogP contribution in [0.3, 0.4) is 0 Å². The van der Waals surface area contributed by atoms with Crippen molar-refractivity contribution >= 4 is 11.3 Å². The van der Waals surface area contributed by atoms with Gasteiger partial charge in [-0.15, -0.1) is 11.3 Å². The number of thiophene rings is 1. The van der Waals surface area contributed by atoms with Gasteiger partial charge in [0.1, 0.15) is 0 Å². The van der Waals surface area contributed by atoms with E-state index in [1.165, 1.54) is 16.0 Å². The molecule has 68 valence electrons. The summed E-state index contributed by atoms with van der Waals surface area (Å²) in [6.07, 6.45) is 1.16. The van der Waals surface area contributed by atoms with Gasteiger partial charge >= 0.3 is 0 Å². The van der Waals surface area contributed by atoms with Crippen LogP contribution in [0.25, 0.3) is 0 Å².